The summed E-state index contributed by atoms with van der Waals surface area (Å²) in [7, 11) is -3.59. The van der Waals surface area contributed by atoms with Crippen molar-refractivity contribution in [1.29, 1.82) is 0 Å². The highest BCUT2D eigenvalue weighted by molar-refractivity contribution is 7.89. The molecule has 2 aromatic rings. The molecule has 1 amide bonds. The summed E-state index contributed by atoms with van der Waals surface area (Å²) in [6.07, 6.45) is 0.0522. The van der Waals surface area contributed by atoms with Gasteiger partial charge >= 0.3 is 0 Å². The number of carbonyl (C=O) groups excluding carboxylic acids is 1. The van der Waals surface area contributed by atoms with Crippen LogP contribution < -0.4 is 19.5 Å². The monoisotopic (exact) mass is 362 g/mol. The Morgan fingerprint density at radius 1 is 1.04 bits per heavy atom. The lowest BCUT2D eigenvalue weighted by atomic mass is 10.2. The van der Waals surface area contributed by atoms with E-state index in [4.69, 9.17) is 9.47 Å². The van der Waals surface area contributed by atoms with E-state index in [-0.39, 0.29) is 30.6 Å². The summed E-state index contributed by atoms with van der Waals surface area (Å²) in [5.74, 6) is 1.10. The van der Waals surface area contributed by atoms with Gasteiger partial charge in [-0.15, -0.1) is 0 Å². The highest BCUT2D eigenvalue weighted by Crippen LogP contribution is 2.32. The highest BCUT2D eigenvalue weighted by Gasteiger charge is 2.15. The van der Waals surface area contributed by atoms with Gasteiger partial charge in [0.05, 0.1) is 4.90 Å². The number of rotatable bonds is 7. The van der Waals surface area contributed by atoms with E-state index in [0.29, 0.717) is 18.0 Å². The number of nitrogens with one attached hydrogen (secondary N) is 2. The van der Waals surface area contributed by atoms with Crippen molar-refractivity contribution < 1.29 is 22.7 Å². The van der Waals surface area contributed by atoms with Gasteiger partial charge in [-0.05, 0) is 29.8 Å². The first kappa shape index (κ1) is 17.2. The molecule has 8 heteroatoms. The van der Waals surface area contributed by atoms with Crippen molar-refractivity contribution in [1.82, 2.24) is 10.0 Å². The Labute approximate surface area is 146 Å². The Morgan fingerprint density at radius 3 is 2.60 bits per heavy atom. The topological polar surface area (TPSA) is 93.7 Å². The third-order valence-corrected chi connectivity index (χ3v) is 5.10. The molecule has 1 aliphatic heterocycles. The number of benzene rings is 2. The molecule has 132 valence electrons. The van der Waals surface area contributed by atoms with E-state index in [0.717, 1.165) is 5.56 Å². The molecule has 2 aromatic carbocycles. The second-order valence-corrected chi connectivity index (χ2v) is 7.19. The lowest BCUT2D eigenvalue weighted by Gasteiger charge is -2.08. The van der Waals surface area contributed by atoms with Crippen molar-refractivity contribution in [3.63, 3.8) is 0 Å². The maximum Gasteiger partial charge on any atom is 0.240 e. The number of hydrogen-bond donors (Lipinski definition) is 2. The van der Waals surface area contributed by atoms with E-state index in [1.807, 2.05) is 6.07 Å². The molecule has 0 fully saturated rings. The fourth-order valence-electron chi connectivity index (χ4n) is 2.32. The smallest absolute Gasteiger partial charge is 0.240 e. The van der Waals surface area contributed by atoms with Crippen molar-refractivity contribution in [3.05, 3.63) is 54.1 Å². The van der Waals surface area contributed by atoms with Crippen LogP contribution in [-0.4, -0.2) is 27.7 Å². The molecule has 25 heavy (non-hydrogen) atoms. The fraction of sp³-hybridized carbons (Fsp3) is 0.235. The number of ether oxygens (including phenoxy) is 2. The third-order valence-electron chi connectivity index (χ3n) is 3.62. The quantitative estimate of drug-likeness (QED) is 0.777. The summed E-state index contributed by atoms with van der Waals surface area (Å²) in [6.45, 7) is 0.567. The zero-order valence-electron chi connectivity index (χ0n) is 13.4. The second kappa shape index (κ2) is 7.54. The average molecular weight is 362 g/mol. The second-order valence-electron chi connectivity index (χ2n) is 5.43. The first-order valence-corrected chi connectivity index (χ1v) is 9.23. The van der Waals surface area contributed by atoms with Crippen LogP contribution in [0.25, 0.3) is 0 Å². The van der Waals surface area contributed by atoms with Gasteiger partial charge in [-0.3, -0.25) is 4.79 Å². The highest BCUT2D eigenvalue weighted by atomic mass is 32.2. The molecule has 7 nitrogen and oxygen atoms in total. The number of amides is 1. The van der Waals surface area contributed by atoms with Gasteiger partial charge < -0.3 is 14.8 Å². The van der Waals surface area contributed by atoms with Gasteiger partial charge in [0.15, 0.2) is 11.5 Å². The van der Waals surface area contributed by atoms with Gasteiger partial charge in [0.1, 0.15) is 0 Å². The van der Waals surface area contributed by atoms with Crippen molar-refractivity contribution >= 4 is 15.9 Å². The molecule has 0 spiro atoms. The molecule has 0 atom stereocenters. The summed E-state index contributed by atoms with van der Waals surface area (Å²) in [5.41, 5.74) is 0.877. The molecule has 1 aliphatic rings. The molecule has 3 rings (SSSR count). The van der Waals surface area contributed by atoms with Crippen molar-refractivity contribution in [2.75, 3.05) is 13.3 Å². The van der Waals surface area contributed by atoms with E-state index in [1.54, 1.807) is 30.3 Å². The maximum atomic E-state index is 12.0. The van der Waals surface area contributed by atoms with Crippen LogP contribution in [0.15, 0.2) is 53.4 Å². The van der Waals surface area contributed by atoms with Crippen LogP contribution in [0.4, 0.5) is 0 Å². The van der Waals surface area contributed by atoms with Crippen LogP contribution in [0.5, 0.6) is 11.5 Å². The Kier molecular flexibility index (Phi) is 5.20. The SMILES string of the molecule is O=C(CCNS(=O)(=O)c1ccccc1)NCc1ccc2c(c1)OCO2. The summed E-state index contributed by atoms with van der Waals surface area (Å²) < 4.78 is 37.0. The van der Waals surface area contributed by atoms with Gasteiger partial charge in [-0.2, -0.15) is 0 Å². The molecule has 0 radical (unpaired) electrons. The zero-order chi connectivity index (χ0) is 17.7. The van der Waals surface area contributed by atoms with E-state index in [2.05, 4.69) is 10.0 Å². The van der Waals surface area contributed by atoms with Gasteiger partial charge in [0.2, 0.25) is 22.7 Å². The fourth-order valence-corrected chi connectivity index (χ4v) is 3.37. The Morgan fingerprint density at radius 2 is 1.80 bits per heavy atom. The predicted octanol–water partition coefficient (Wildman–Crippen LogP) is 1.40. The molecule has 2 N–H and O–H groups in total. The normalized spacial score (nSPS) is 12.8. The van der Waals surface area contributed by atoms with Crippen LogP contribution in [0.2, 0.25) is 0 Å². The molecular weight excluding hydrogens is 344 g/mol. The Hall–Kier alpha value is -2.58. The minimum Gasteiger partial charge on any atom is -0.454 e. The average Bonchev–Trinajstić information content (AvgIpc) is 3.08. The first-order valence-electron chi connectivity index (χ1n) is 7.74. The number of carbonyl (C=O) groups is 1. The largest absolute Gasteiger partial charge is 0.454 e. The first-order chi connectivity index (χ1) is 12.0. The summed E-state index contributed by atoms with van der Waals surface area (Å²) >= 11 is 0. The lowest BCUT2D eigenvalue weighted by Crippen LogP contribution is -2.30. The van der Waals surface area contributed by atoms with E-state index >= 15 is 0 Å². The van der Waals surface area contributed by atoms with Crippen LogP contribution in [0.1, 0.15) is 12.0 Å². The van der Waals surface area contributed by atoms with E-state index in [9.17, 15) is 13.2 Å². The molecule has 0 saturated heterocycles. The van der Waals surface area contributed by atoms with Crippen LogP contribution in [0, 0.1) is 0 Å². The summed E-state index contributed by atoms with van der Waals surface area (Å²) in [6, 6.07) is 13.5. The Bertz CT molecular complexity index is 853. The molecule has 0 saturated carbocycles. The maximum absolute atomic E-state index is 12.0. The minimum absolute atomic E-state index is 0.0319. The van der Waals surface area contributed by atoms with E-state index in [1.165, 1.54) is 12.1 Å². The van der Waals surface area contributed by atoms with Crippen LogP contribution in [0.3, 0.4) is 0 Å². The number of sulfonamides is 1. The molecule has 0 bridgehead atoms. The molecule has 0 aliphatic carbocycles. The molecule has 0 unspecified atom stereocenters. The number of fused-ring (bicyclic) bond motifs is 1. The predicted molar refractivity (Wildman–Crippen MR) is 90.7 cm³/mol. The van der Waals surface area contributed by atoms with E-state index < -0.39 is 10.0 Å². The van der Waals surface area contributed by atoms with Gasteiger partial charge in [-0.25, -0.2) is 13.1 Å². The van der Waals surface area contributed by atoms with Crippen LogP contribution >= 0.6 is 0 Å². The van der Waals surface area contributed by atoms with Crippen molar-refractivity contribution in [3.8, 4) is 11.5 Å². The minimum atomic E-state index is -3.59. The molecule has 1 heterocycles. The number of hydrogen-bond acceptors (Lipinski definition) is 5. The summed E-state index contributed by atoms with van der Waals surface area (Å²) in [4.78, 5) is 12.0. The van der Waals surface area contributed by atoms with Gasteiger partial charge in [0.25, 0.3) is 0 Å². The van der Waals surface area contributed by atoms with Gasteiger partial charge in [0, 0.05) is 19.5 Å². The third kappa shape index (κ3) is 4.49. The summed E-state index contributed by atoms with van der Waals surface area (Å²) in [5, 5.41) is 2.75. The van der Waals surface area contributed by atoms with Crippen molar-refractivity contribution in [2.24, 2.45) is 0 Å². The van der Waals surface area contributed by atoms with Gasteiger partial charge in [-0.1, -0.05) is 24.3 Å². The molecule has 0 aromatic heterocycles. The lowest BCUT2D eigenvalue weighted by molar-refractivity contribution is -0.121. The Balaban J connectivity index is 1.44. The van der Waals surface area contributed by atoms with Crippen LogP contribution in [-0.2, 0) is 21.4 Å². The zero-order valence-corrected chi connectivity index (χ0v) is 14.2. The van der Waals surface area contributed by atoms with Crippen molar-refractivity contribution in [2.45, 2.75) is 17.9 Å². The standard InChI is InChI=1S/C17H18N2O5S/c20-17(8-9-19-25(21,22)14-4-2-1-3-5-14)18-11-13-6-7-15-16(10-13)24-12-23-15/h1-7,10,19H,8-9,11-12H2,(H,18,20). The molecular formula is C17H18N2O5S.